The molecule has 1 saturated carbocycles. The summed E-state index contributed by atoms with van der Waals surface area (Å²) in [6, 6.07) is 7.51. The van der Waals surface area contributed by atoms with Crippen LogP contribution in [0.2, 0.25) is 0 Å². The van der Waals surface area contributed by atoms with E-state index in [1.54, 1.807) is 19.2 Å². The second-order valence-electron chi connectivity index (χ2n) is 7.16. The molecule has 4 rings (SSSR count). The van der Waals surface area contributed by atoms with E-state index in [0.717, 1.165) is 44.3 Å². The molecule has 148 valence electrons. The number of aromatic nitrogens is 1. The second kappa shape index (κ2) is 7.92. The number of nitrogens with one attached hydrogen (secondary N) is 2. The lowest BCUT2D eigenvalue weighted by Gasteiger charge is -2.15. The molecular formula is C20H24N4O4. The summed E-state index contributed by atoms with van der Waals surface area (Å²) in [5.41, 5.74) is 1.10. The Morgan fingerprint density at radius 3 is 2.57 bits per heavy atom. The van der Waals surface area contributed by atoms with Crippen LogP contribution in [-0.2, 0) is 4.79 Å². The number of rotatable bonds is 7. The molecule has 8 nitrogen and oxygen atoms in total. The van der Waals surface area contributed by atoms with E-state index in [1.807, 2.05) is 12.1 Å². The van der Waals surface area contributed by atoms with Gasteiger partial charge in [-0.05, 0) is 49.9 Å². The number of ether oxygens (including phenoxy) is 1. The van der Waals surface area contributed by atoms with Gasteiger partial charge in [-0.1, -0.05) is 5.16 Å². The van der Waals surface area contributed by atoms with Crippen LogP contribution in [0.4, 0.5) is 5.82 Å². The molecule has 0 unspecified atom stereocenters. The maximum atomic E-state index is 13.0. The number of hydrogen-bond acceptors (Lipinski definition) is 6. The highest BCUT2D eigenvalue weighted by Gasteiger charge is 2.30. The van der Waals surface area contributed by atoms with Crippen molar-refractivity contribution in [2.45, 2.75) is 31.7 Å². The van der Waals surface area contributed by atoms with Crippen molar-refractivity contribution in [3.8, 4) is 17.1 Å². The third kappa shape index (κ3) is 3.95. The molecule has 1 aliphatic carbocycles. The molecule has 2 heterocycles. The van der Waals surface area contributed by atoms with E-state index < -0.39 is 0 Å². The Hall–Kier alpha value is -3.03. The second-order valence-corrected chi connectivity index (χ2v) is 7.16. The highest BCUT2D eigenvalue weighted by molar-refractivity contribution is 6.05. The fourth-order valence-corrected chi connectivity index (χ4v) is 3.33. The predicted molar refractivity (Wildman–Crippen MR) is 103 cm³/mol. The number of methoxy groups -OCH3 is 1. The number of amides is 2. The molecule has 8 heteroatoms. The van der Waals surface area contributed by atoms with E-state index in [0.29, 0.717) is 22.9 Å². The predicted octanol–water partition coefficient (Wildman–Crippen LogP) is 1.96. The van der Waals surface area contributed by atoms with E-state index in [1.165, 1.54) is 0 Å². The summed E-state index contributed by atoms with van der Waals surface area (Å²) in [6.45, 7) is 1.59. The minimum absolute atomic E-state index is 0.0675. The van der Waals surface area contributed by atoms with E-state index in [-0.39, 0.29) is 24.4 Å². The molecule has 0 spiro atoms. The Bertz CT molecular complexity index is 852. The first-order valence-electron chi connectivity index (χ1n) is 9.62. The van der Waals surface area contributed by atoms with Crippen LogP contribution in [0.5, 0.6) is 5.75 Å². The summed E-state index contributed by atoms with van der Waals surface area (Å²) in [4.78, 5) is 27.0. The Balaban J connectivity index is 1.58. The molecule has 2 amide bonds. The summed E-state index contributed by atoms with van der Waals surface area (Å²) < 4.78 is 10.8. The lowest BCUT2D eigenvalue weighted by Crippen LogP contribution is -2.38. The Labute approximate surface area is 163 Å². The molecular weight excluding hydrogens is 360 g/mol. The first-order chi connectivity index (χ1) is 13.7. The molecule has 1 aromatic carbocycles. The summed E-state index contributed by atoms with van der Waals surface area (Å²) in [5.74, 6) is 1.10. The van der Waals surface area contributed by atoms with Crippen LogP contribution in [-0.4, -0.2) is 49.8 Å². The summed E-state index contributed by atoms with van der Waals surface area (Å²) >= 11 is 0. The van der Waals surface area contributed by atoms with Crippen LogP contribution in [0.25, 0.3) is 11.3 Å². The standard InChI is InChI=1S/C20H24N4O4/c1-27-15-8-4-13(5-9-15)18-17(19(23-28-18)24-10-2-3-11-24)20(26)21-12-16(25)22-14-6-7-14/h4-5,8-9,14H,2-3,6-7,10-12H2,1H3,(H,21,26)(H,22,25). The van der Waals surface area contributed by atoms with Gasteiger partial charge in [-0.25, -0.2) is 0 Å². The summed E-state index contributed by atoms with van der Waals surface area (Å²) in [6.07, 6.45) is 4.11. The fraction of sp³-hybridized carbons (Fsp3) is 0.450. The minimum Gasteiger partial charge on any atom is -0.497 e. The van der Waals surface area contributed by atoms with Crippen molar-refractivity contribution in [3.63, 3.8) is 0 Å². The lowest BCUT2D eigenvalue weighted by molar-refractivity contribution is -0.120. The Morgan fingerprint density at radius 2 is 1.93 bits per heavy atom. The smallest absolute Gasteiger partial charge is 0.259 e. The van der Waals surface area contributed by atoms with E-state index in [2.05, 4.69) is 20.7 Å². The maximum Gasteiger partial charge on any atom is 0.259 e. The summed E-state index contributed by atoms with van der Waals surface area (Å²) in [7, 11) is 1.60. The van der Waals surface area contributed by atoms with Crippen LogP contribution in [0.15, 0.2) is 28.8 Å². The normalized spacial score (nSPS) is 16.1. The average molecular weight is 384 g/mol. The van der Waals surface area contributed by atoms with Crippen molar-refractivity contribution >= 4 is 17.6 Å². The van der Waals surface area contributed by atoms with Gasteiger partial charge in [-0.15, -0.1) is 0 Å². The van der Waals surface area contributed by atoms with Crippen molar-refractivity contribution in [1.29, 1.82) is 0 Å². The molecule has 0 bridgehead atoms. The number of benzene rings is 1. The number of hydrogen-bond donors (Lipinski definition) is 2. The Kier molecular flexibility index (Phi) is 5.18. The molecule has 1 saturated heterocycles. The molecule has 1 aliphatic heterocycles. The monoisotopic (exact) mass is 384 g/mol. The van der Waals surface area contributed by atoms with Crippen LogP contribution < -0.4 is 20.3 Å². The highest BCUT2D eigenvalue weighted by Crippen LogP contribution is 2.33. The van der Waals surface area contributed by atoms with Crippen molar-refractivity contribution in [3.05, 3.63) is 29.8 Å². The number of nitrogens with zero attached hydrogens (tertiary/aromatic N) is 2. The van der Waals surface area contributed by atoms with Crippen molar-refractivity contribution in [2.75, 3.05) is 31.6 Å². The van der Waals surface area contributed by atoms with Crippen molar-refractivity contribution in [1.82, 2.24) is 15.8 Å². The SMILES string of the molecule is COc1ccc(-c2onc(N3CCCC3)c2C(=O)NCC(=O)NC2CC2)cc1. The molecule has 2 aliphatic rings. The molecule has 2 N–H and O–H groups in total. The maximum absolute atomic E-state index is 13.0. The first-order valence-corrected chi connectivity index (χ1v) is 9.62. The number of carbonyl (C=O) groups excluding carboxylic acids is 2. The molecule has 2 fully saturated rings. The van der Waals surface area contributed by atoms with E-state index >= 15 is 0 Å². The fourth-order valence-electron chi connectivity index (χ4n) is 3.33. The zero-order valence-electron chi connectivity index (χ0n) is 15.9. The van der Waals surface area contributed by atoms with Crippen molar-refractivity contribution in [2.24, 2.45) is 0 Å². The zero-order valence-corrected chi connectivity index (χ0v) is 15.9. The van der Waals surface area contributed by atoms with Crippen LogP contribution in [0, 0.1) is 0 Å². The van der Waals surface area contributed by atoms with Gasteiger partial charge in [0.1, 0.15) is 11.3 Å². The van der Waals surface area contributed by atoms with Gasteiger partial charge in [0.25, 0.3) is 5.91 Å². The molecule has 1 aromatic heterocycles. The van der Waals surface area contributed by atoms with Gasteiger partial charge in [0, 0.05) is 24.7 Å². The van der Waals surface area contributed by atoms with Gasteiger partial charge >= 0.3 is 0 Å². The van der Waals surface area contributed by atoms with Gasteiger partial charge in [0.15, 0.2) is 11.6 Å². The quantitative estimate of drug-likeness (QED) is 0.758. The van der Waals surface area contributed by atoms with Gasteiger partial charge in [0.2, 0.25) is 5.91 Å². The molecule has 0 radical (unpaired) electrons. The molecule has 28 heavy (non-hydrogen) atoms. The average Bonchev–Trinajstić information content (AvgIpc) is 3.20. The van der Waals surface area contributed by atoms with Crippen molar-refractivity contribution < 1.29 is 18.8 Å². The first kappa shape index (κ1) is 18.3. The van der Waals surface area contributed by atoms with E-state index in [4.69, 9.17) is 9.26 Å². The van der Waals surface area contributed by atoms with Gasteiger partial charge in [-0.3, -0.25) is 9.59 Å². The number of anilines is 1. The topological polar surface area (TPSA) is 96.7 Å². The third-order valence-electron chi connectivity index (χ3n) is 5.01. The zero-order chi connectivity index (χ0) is 19.5. The molecule has 0 atom stereocenters. The Morgan fingerprint density at radius 1 is 1.21 bits per heavy atom. The van der Waals surface area contributed by atoms with Gasteiger partial charge < -0.3 is 24.8 Å². The minimum atomic E-state index is -0.361. The largest absolute Gasteiger partial charge is 0.497 e. The molecule has 2 aromatic rings. The summed E-state index contributed by atoms with van der Waals surface area (Å²) in [5, 5.41) is 9.76. The lowest BCUT2D eigenvalue weighted by atomic mass is 10.1. The van der Waals surface area contributed by atoms with Gasteiger partial charge in [-0.2, -0.15) is 0 Å². The highest BCUT2D eigenvalue weighted by atomic mass is 16.5. The third-order valence-corrected chi connectivity index (χ3v) is 5.01. The van der Waals surface area contributed by atoms with E-state index in [9.17, 15) is 9.59 Å². The van der Waals surface area contributed by atoms with Crippen LogP contribution in [0.1, 0.15) is 36.0 Å². The van der Waals surface area contributed by atoms with Crippen LogP contribution >= 0.6 is 0 Å². The number of carbonyl (C=O) groups is 2. The van der Waals surface area contributed by atoms with Gasteiger partial charge in [0.05, 0.1) is 13.7 Å². The van der Waals surface area contributed by atoms with Crippen LogP contribution in [0.3, 0.4) is 0 Å².